The minimum atomic E-state index is 0.131. The fraction of sp³-hybridized carbons (Fsp3) is 0.438. The zero-order chi connectivity index (χ0) is 16.2. The molecule has 1 aliphatic heterocycles. The summed E-state index contributed by atoms with van der Waals surface area (Å²) in [5.41, 5.74) is 0.867. The van der Waals surface area contributed by atoms with E-state index >= 15 is 0 Å². The largest absolute Gasteiger partial charge is 0.497 e. The molecule has 1 fully saturated rings. The van der Waals surface area contributed by atoms with Crippen LogP contribution in [-0.2, 0) is 11.3 Å². The first kappa shape index (κ1) is 15.5. The molecule has 0 aliphatic carbocycles. The average molecular weight is 316 g/mol. The van der Waals surface area contributed by atoms with Gasteiger partial charge in [-0.1, -0.05) is 5.16 Å². The van der Waals surface area contributed by atoms with Crippen LogP contribution in [0.25, 0.3) is 11.5 Å². The van der Waals surface area contributed by atoms with E-state index in [0.29, 0.717) is 18.3 Å². The van der Waals surface area contributed by atoms with Crippen molar-refractivity contribution in [1.29, 1.82) is 0 Å². The highest BCUT2D eigenvalue weighted by molar-refractivity contribution is 5.73. The molecule has 7 nitrogen and oxygen atoms in total. The van der Waals surface area contributed by atoms with Crippen molar-refractivity contribution in [3.8, 4) is 17.2 Å². The number of piperazine rings is 1. The Balaban J connectivity index is 1.60. The summed E-state index contributed by atoms with van der Waals surface area (Å²) in [6.07, 6.45) is 0. The molecule has 2 aromatic rings. The number of carbonyl (C=O) groups excluding carboxylic acids is 1. The van der Waals surface area contributed by atoms with Crippen LogP contribution in [0.2, 0.25) is 0 Å². The maximum absolute atomic E-state index is 11.3. The summed E-state index contributed by atoms with van der Waals surface area (Å²) >= 11 is 0. The summed E-state index contributed by atoms with van der Waals surface area (Å²) in [5.74, 6) is 2.08. The van der Waals surface area contributed by atoms with E-state index < -0.39 is 0 Å². The van der Waals surface area contributed by atoms with Crippen molar-refractivity contribution in [1.82, 2.24) is 19.9 Å². The van der Waals surface area contributed by atoms with E-state index in [-0.39, 0.29) is 5.91 Å². The van der Waals surface area contributed by atoms with E-state index in [9.17, 15) is 4.79 Å². The van der Waals surface area contributed by atoms with E-state index in [1.54, 1.807) is 14.0 Å². The number of nitrogens with zero attached hydrogens (tertiary/aromatic N) is 4. The Bertz CT molecular complexity index is 660. The summed E-state index contributed by atoms with van der Waals surface area (Å²) in [4.78, 5) is 19.9. The minimum Gasteiger partial charge on any atom is -0.497 e. The molecule has 0 radical (unpaired) electrons. The van der Waals surface area contributed by atoms with E-state index in [2.05, 4.69) is 15.0 Å². The highest BCUT2D eigenvalue weighted by atomic mass is 16.5. The SMILES string of the molecule is COc1ccc(-c2nc(CN3CCN(C(C)=O)CC3)no2)cc1. The lowest BCUT2D eigenvalue weighted by atomic mass is 10.2. The van der Waals surface area contributed by atoms with Gasteiger partial charge in [-0.15, -0.1) is 0 Å². The third-order valence-electron chi connectivity index (χ3n) is 3.99. The topological polar surface area (TPSA) is 71.7 Å². The second-order valence-corrected chi connectivity index (χ2v) is 5.53. The molecule has 1 aromatic carbocycles. The molecule has 1 amide bonds. The number of amides is 1. The van der Waals surface area contributed by atoms with E-state index in [0.717, 1.165) is 37.5 Å². The Hall–Kier alpha value is -2.41. The van der Waals surface area contributed by atoms with Crippen LogP contribution in [0.15, 0.2) is 28.8 Å². The van der Waals surface area contributed by atoms with Crippen molar-refractivity contribution in [3.63, 3.8) is 0 Å². The predicted molar refractivity (Wildman–Crippen MR) is 83.8 cm³/mol. The molecule has 0 atom stereocenters. The zero-order valence-electron chi connectivity index (χ0n) is 13.4. The van der Waals surface area contributed by atoms with Crippen LogP contribution >= 0.6 is 0 Å². The van der Waals surface area contributed by atoms with Gasteiger partial charge in [0.15, 0.2) is 5.82 Å². The van der Waals surface area contributed by atoms with Gasteiger partial charge in [-0.3, -0.25) is 9.69 Å². The number of hydrogen-bond donors (Lipinski definition) is 0. The summed E-state index contributed by atoms with van der Waals surface area (Å²) in [6.45, 7) is 5.39. The van der Waals surface area contributed by atoms with Crippen LogP contribution < -0.4 is 4.74 Å². The molecule has 1 aliphatic rings. The van der Waals surface area contributed by atoms with Gasteiger partial charge in [0.2, 0.25) is 5.91 Å². The molecule has 1 aromatic heterocycles. The van der Waals surface area contributed by atoms with Crippen molar-refractivity contribution < 1.29 is 14.1 Å². The van der Waals surface area contributed by atoms with Gasteiger partial charge in [0.25, 0.3) is 5.89 Å². The number of hydrogen-bond acceptors (Lipinski definition) is 6. The van der Waals surface area contributed by atoms with Crippen LogP contribution in [-0.4, -0.2) is 59.1 Å². The number of carbonyl (C=O) groups is 1. The molecule has 0 unspecified atom stereocenters. The van der Waals surface area contributed by atoms with Crippen LogP contribution in [0.1, 0.15) is 12.7 Å². The lowest BCUT2D eigenvalue weighted by Gasteiger charge is -2.33. The van der Waals surface area contributed by atoms with Crippen molar-refractivity contribution in [3.05, 3.63) is 30.1 Å². The van der Waals surface area contributed by atoms with Crippen molar-refractivity contribution in [2.24, 2.45) is 0 Å². The third-order valence-corrected chi connectivity index (χ3v) is 3.99. The minimum absolute atomic E-state index is 0.131. The van der Waals surface area contributed by atoms with Gasteiger partial charge in [0.1, 0.15) is 5.75 Å². The number of methoxy groups -OCH3 is 1. The van der Waals surface area contributed by atoms with Gasteiger partial charge in [0.05, 0.1) is 13.7 Å². The Morgan fingerprint density at radius 3 is 2.52 bits per heavy atom. The van der Waals surface area contributed by atoms with Crippen molar-refractivity contribution in [2.45, 2.75) is 13.5 Å². The van der Waals surface area contributed by atoms with Crippen molar-refractivity contribution in [2.75, 3.05) is 33.3 Å². The number of aromatic nitrogens is 2. The first-order valence-corrected chi connectivity index (χ1v) is 7.60. The van der Waals surface area contributed by atoms with Crippen LogP contribution in [0.3, 0.4) is 0 Å². The number of benzene rings is 1. The second kappa shape index (κ2) is 6.78. The molecule has 1 saturated heterocycles. The maximum atomic E-state index is 11.3. The van der Waals surface area contributed by atoms with Gasteiger partial charge in [0, 0.05) is 38.7 Å². The molecule has 2 heterocycles. The molecular formula is C16H20N4O3. The maximum Gasteiger partial charge on any atom is 0.257 e. The molecule has 0 spiro atoms. The third kappa shape index (κ3) is 3.68. The van der Waals surface area contributed by atoms with E-state index in [4.69, 9.17) is 9.26 Å². The lowest BCUT2D eigenvalue weighted by Crippen LogP contribution is -2.47. The predicted octanol–water partition coefficient (Wildman–Crippen LogP) is 1.41. The first-order valence-electron chi connectivity index (χ1n) is 7.60. The summed E-state index contributed by atoms with van der Waals surface area (Å²) < 4.78 is 10.5. The Morgan fingerprint density at radius 1 is 1.22 bits per heavy atom. The smallest absolute Gasteiger partial charge is 0.257 e. The highest BCUT2D eigenvalue weighted by Crippen LogP contribution is 2.21. The summed E-state index contributed by atoms with van der Waals surface area (Å²) in [6, 6.07) is 7.50. The van der Waals surface area contributed by atoms with E-state index in [1.165, 1.54) is 0 Å². The average Bonchev–Trinajstić information content (AvgIpc) is 3.04. The summed E-state index contributed by atoms with van der Waals surface area (Å²) in [7, 11) is 1.63. The Kier molecular flexibility index (Phi) is 4.57. The second-order valence-electron chi connectivity index (χ2n) is 5.53. The standard InChI is InChI=1S/C16H20N4O3/c1-12(21)20-9-7-19(8-10-20)11-15-17-16(23-18-15)13-3-5-14(22-2)6-4-13/h3-6H,7-11H2,1-2H3. The van der Waals surface area contributed by atoms with Gasteiger partial charge < -0.3 is 14.2 Å². The van der Waals surface area contributed by atoms with Crippen LogP contribution in [0, 0.1) is 0 Å². The van der Waals surface area contributed by atoms with Crippen LogP contribution in [0.4, 0.5) is 0 Å². The molecule has 7 heteroatoms. The molecule has 122 valence electrons. The molecule has 0 N–H and O–H groups in total. The quantitative estimate of drug-likeness (QED) is 0.849. The van der Waals surface area contributed by atoms with Gasteiger partial charge in [-0.05, 0) is 24.3 Å². The fourth-order valence-corrected chi connectivity index (χ4v) is 2.59. The molecule has 0 saturated carbocycles. The normalized spacial score (nSPS) is 15.7. The summed E-state index contributed by atoms with van der Waals surface area (Å²) in [5, 5.41) is 4.04. The lowest BCUT2D eigenvalue weighted by molar-refractivity contribution is -0.130. The van der Waals surface area contributed by atoms with E-state index in [1.807, 2.05) is 29.2 Å². The monoisotopic (exact) mass is 316 g/mol. The van der Waals surface area contributed by atoms with Gasteiger partial charge in [-0.2, -0.15) is 4.98 Å². The highest BCUT2D eigenvalue weighted by Gasteiger charge is 2.20. The first-order chi connectivity index (χ1) is 11.2. The molecule has 3 rings (SSSR count). The number of rotatable bonds is 4. The van der Waals surface area contributed by atoms with Crippen LogP contribution in [0.5, 0.6) is 5.75 Å². The molecule has 23 heavy (non-hydrogen) atoms. The Labute approximate surface area is 134 Å². The Morgan fingerprint density at radius 2 is 1.91 bits per heavy atom. The number of ether oxygens (including phenoxy) is 1. The van der Waals surface area contributed by atoms with Gasteiger partial charge in [-0.25, -0.2) is 0 Å². The van der Waals surface area contributed by atoms with Crippen molar-refractivity contribution >= 4 is 5.91 Å². The molecule has 0 bridgehead atoms. The fourth-order valence-electron chi connectivity index (χ4n) is 2.59. The van der Waals surface area contributed by atoms with Gasteiger partial charge >= 0.3 is 0 Å². The molecular weight excluding hydrogens is 296 g/mol. The zero-order valence-corrected chi connectivity index (χ0v) is 13.4.